The second-order valence-corrected chi connectivity index (χ2v) is 4.88. The minimum Gasteiger partial charge on any atom is -0.481 e. The van der Waals surface area contributed by atoms with Gasteiger partial charge in [0.1, 0.15) is 0 Å². The molecule has 0 atom stereocenters. The molecule has 84 valence electrons. The number of rotatable bonds is 3. The van der Waals surface area contributed by atoms with Crippen molar-refractivity contribution in [2.75, 3.05) is 11.4 Å². The fourth-order valence-corrected chi connectivity index (χ4v) is 2.83. The first-order valence-corrected chi connectivity index (χ1v) is 5.80. The molecule has 3 fully saturated rings. The maximum Gasteiger partial charge on any atom is 0.307 e. The van der Waals surface area contributed by atoms with Gasteiger partial charge in [-0.05, 0) is 36.5 Å². The molecule has 1 aliphatic carbocycles. The minimum atomic E-state index is -0.767. The molecule has 2 aliphatic heterocycles. The number of anilines is 1. The van der Waals surface area contributed by atoms with E-state index < -0.39 is 5.97 Å². The van der Waals surface area contributed by atoms with Crippen LogP contribution in [0.15, 0.2) is 24.3 Å². The summed E-state index contributed by atoms with van der Waals surface area (Å²) in [6.07, 6.45) is 2.81. The van der Waals surface area contributed by atoms with Crippen LogP contribution in [0.1, 0.15) is 18.4 Å². The van der Waals surface area contributed by atoms with Gasteiger partial charge in [0.25, 0.3) is 0 Å². The lowest BCUT2D eigenvalue weighted by Gasteiger charge is -2.27. The van der Waals surface area contributed by atoms with Gasteiger partial charge in [-0.25, -0.2) is 0 Å². The Morgan fingerprint density at radius 2 is 2.00 bits per heavy atom. The van der Waals surface area contributed by atoms with Crippen LogP contribution in [-0.2, 0) is 11.2 Å². The van der Waals surface area contributed by atoms with Crippen molar-refractivity contribution in [3.8, 4) is 0 Å². The first-order chi connectivity index (χ1) is 7.72. The summed E-state index contributed by atoms with van der Waals surface area (Å²) in [6, 6.07) is 8.71. The summed E-state index contributed by atoms with van der Waals surface area (Å²) in [5.74, 6) is 0.139. The smallest absolute Gasteiger partial charge is 0.307 e. The average molecular weight is 217 g/mol. The third-order valence-electron chi connectivity index (χ3n) is 3.73. The Morgan fingerprint density at radius 1 is 1.31 bits per heavy atom. The summed E-state index contributed by atoms with van der Waals surface area (Å²) >= 11 is 0. The second-order valence-electron chi connectivity index (χ2n) is 4.88. The van der Waals surface area contributed by atoms with Gasteiger partial charge >= 0.3 is 5.97 Å². The fraction of sp³-hybridized carbons (Fsp3) is 0.462. The molecule has 4 rings (SSSR count). The van der Waals surface area contributed by atoms with Crippen LogP contribution in [0.4, 0.5) is 5.69 Å². The molecule has 0 radical (unpaired) electrons. The number of carbonyl (C=O) groups is 1. The molecule has 3 aliphatic rings. The zero-order valence-corrected chi connectivity index (χ0v) is 9.10. The SMILES string of the molecule is O=C(O)Cc1ccc(N2CC3CC2C3)cc1. The number of fused-ring (bicyclic) bond motifs is 1. The Labute approximate surface area is 94.7 Å². The van der Waals surface area contributed by atoms with Gasteiger partial charge in [0.05, 0.1) is 6.42 Å². The molecule has 3 heteroatoms. The molecule has 0 amide bonds. The summed E-state index contributed by atoms with van der Waals surface area (Å²) < 4.78 is 0. The summed E-state index contributed by atoms with van der Waals surface area (Å²) in [6.45, 7) is 1.18. The third kappa shape index (κ3) is 1.56. The molecule has 0 spiro atoms. The van der Waals surface area contributed by atoms with E-state index in [1.54, 1.807) is 0 Å². The van der Waals surface area contributed by atoms with Crippen molar-refractivity contribution in [3.05, 3.63) is 29.8 Å². The predicted molar refractivity (Wildman–Crippen MR) is 61.6 cm³/mol. The van der Waals surface area contributed by atoms with Crippen molar-refractivity contribution in [2.45, 2.75) is 25.3 Å². The molecule has 3 nitrogen and oxygen atoms in total. The molecule has 0 unspecified atom stereocenters. The summed E-state index contributed by atoms with van der Waals surface area (Å²) in [5.41, 5.74) is 2.13. The van der Waals surface area contributed by atoms with E-state index in [2.05, 4.69) is 17.0 Å². The van der Waals surface area contributed by atoms with E-state index in [0.717, 1.165) is 17.5 Å². The lowest BCUT2D eigenvalue weighted by molar-refractivity contribution is -0.136. The molecular weight excluding hydrogens is 202 g/mol. The van der Waals surface area contributed by atoms with Crippen molar-refractivity contribution in [2.24, 2.45) is 5.92 Å². The number of carboxylic acids is 1. The van der Waals surface area contributed by atoms with Crippen LogP contribution in [0.2, 0.25) is 0 Å². The van der Waals surface area contributed by atoms with Crippen molar-refractivity contribution in [3.63, 3.8) is 0 Å². The number of aliphatic carboxylic acids is 1. The standard InChI is InChI=1S/C13H15NO2/c15-13(16)7-9-1-3-11(4-2-9)14-8-10-5-12(14)6-10/h1-4,10,12H,5-8H2,(H,15,16). The predicted octanol–water partition coefficient (Wildman–Crippen LogP) is 1.91. The molecule has 2 bridgehead atoms. The Kier molecular flexibility index (Phi) is 2.13. The molecule has 1 saturated carbocycles. The largest absolute Gasteiger partial charge is 0.481 e. The van der Waals surface area contributed by atoms with E-state index >= 15 is 0 Å². The average Bonchev–Trinajstić information content (AvgIpc) is 2.75. The second kappa shape index (κ2) is 3.51. The minimum absolute atomic E-state index is 0.117. The van der Waals surface area contributed by atoms with Crippen molar-refractivity contribution < 1.29 is 9.90 Å². The van der Waals surface area contributed by atoms with E-state index in [1.165, 1.54) is 25.1 Å². The topological polar surface area (TPSA) is 40.5 Å². The Balaban J connectivity index is 1.74. The number of benzene rings is 1. The van der Waals surface area contributed by atoms with Crippen molar-refractivity contribution in [1.29, 1.82) is 0 Å². The van der Waals surface area contributed by atoms with Gasteiger partial charge in [-0.1, -0.05) is 12.1 Å². The monoisotopic (exact) mass is 217 g/mol. The Hall–Kier alpha value is -1.51. The van der Waals surface area contributed by atoms with Crippen LogP contribution in [-0.4, -0.2) is 23.7 Å². The summed E-state index contributed by atoms with van der Waals surface area (Å²) in [4.78, 5) is 13.0. The lowest BCUT2D eigenvalue weighted by atomic mass is 9.86. The van der Waals surface area contributed by atoms with Gasteiger partial charge in [-0.2, -0.15) is 0 Å². The zero-order valence-electron chi connectivity index (χ0n) is 9.10. The number of carboxylic acid groups (broad SMARTS) is 1. The number of nitrogens with zero attached hydrogens (tertiary/aromatic N) is 1. The molecule has 0 aromatic heterocycles. The highest BCUT2D eigenvalue weighted by atomic mass is 16.4. The van der Waals surface area contributed by atoms with Crippen LogP contribution >= 0.6 is 0 Å². The summed E-state index contributed by atoms with van der Waals surface area (Å²) in [5, 5.41) is 8.69. The van der Waals surface area contributed by atoms with Crippen LogP contribution in [0.3, 0.4) is 0 Å². The molecule has 1 aromatic rings. The number of hydrogen-bond donors (Lipinski definition) is 1. The van der Waals surface area contributed by atoms with Gasteiger partial charge < -0.3 is 10.0 Å². The highest BCUT2D eigenvalue weighted by molar-refractivity contribution is 5.70. The van der Waals surface area contributed by atoms with Gasteiger partial charge in [0.2, 0.25) is 0 Å². The van der Waals surface area contributed by atoms with E-state index in [1.807, 2.05) is 12.1 Å². The normalized spacial score (nSPS) is 26.6. The highest BCUT2D eigenvalue weighted by Gasteiger charge is 2.42. The first-order valence-electron chi connectivity index (χ1n) is 5.80. The molecule has 16 heavy (non-hydrogen) atoms. The lowest BCUT2D eigenvalue weighted by Crippen LogP contribution is -2.28. The zero-order chi connectivity index (χ0) is 11.1. The number of hydrogen-bond acceptors (Lipinski definition) is 2. The fourth-order valence-electron chi connectivity index (χ4n) is 2.83. The molecule has 1 N–H and O–H groups in total. The van der Waals surface area contributed by atoms with Crippen LogP contribution in [0.25, 0.3) is 0 Å². The van der Waals surface area contributed by atoms with E-state index in [4.69, 9.17) is 5.11 Å². The van der Waals surface area contributed by atoms with Gasteiger partial charge in [0, 0.05) is 18.3 Å². The Bertz CT molecular complexity index is 406. The maximum absolute atomic E-state index is 10.6. The van der Waals surface area contributed by atoms with Gasteiger partial charge in [-0.15, -0.1) is 0 Å². The van der Waals surface area contributed by atoms with Crippen molar-refractivity contribution >= 4 is 11.7 Å². The molecule has 2 saturated heterocycles. The molecule has 2 heterocycles. The first kappa shape index (κ1) is 9.70. The van der Waals surface area contributed by atoms with Crippen molar-refractivity contribution in [1.82, 2.24) is 0 Å². The van der Waals surface area contributed by atoms with Gasteiger partial charge in [0.15, 0.2) is 0 Å². The maximum atomic E-state index is 10.6. The third-order valence-corrected chi connectivity index (χ3v) is 3.73. The Morgan fingerprint density at radius 3 is 2.50 bits per heavy atom. The van der Waals surface area contributed by atoms with E-state index in [9.17, 15) is 4.79 Å². The van der Waals surface area contributed by atoms with E-state index in [-0.39, 0.29) is 6.42 Å². The molecule has 1 aromatic carbocycles. The highest BCUT2D eigenvalue weighted by Crippen LogP contribution is 2.43. The quantitative estimate of drug-likeness (QED) is 0.840. The molecular formula is C13H15NO2. The van der Waals surface area contributed by atoms with Gasteiger partial charge in [-0.3, -0.25) is 4.79 Å². The summed E-state index contributed by atoms with van der Waals surface area (Å²) in [7, 11) is 0. The van der Waals surface area contributed by atoms with E-state index in [0.29, 0.717) is 0 Å². The van der Waals surface area contributed by atoms with Crippen LogP contribution < -0.4 is 4.90 Å². The van der Waals surface area contributed by atoms with Crippen LogP contribution in [0.5, 0.6) is 0 Å². The van der Waals surface area contributed by atoms with Crippen LogP contribution in [0, 0.1) is 5.92 Å².